The Labute approximate surface area is 142 Å². The lowest BCUT2D eigenvalue weighted by atomic mass is 9.96. The molecular weight excluding hydrogens is 308 g/mol. The molecule has 0 amide bonds. The molecule has 4 nitrogen and oxygen atoms in total. The average molecular weight is 331 g/mol. The maximum absolute atomic E-state index is 5.91. The topological polar surface area (TPSA) is 49.8 Å². The van der Waals surface area contributed by atoms with Crippen molar-refractivity contribution in [2.24, 2.45) is 0 Å². The highest BCUT2D eigenvalue weighted by Crippen LogP contribution is 2.21. The number of halogens is 1. The lowest BCUT2D eigenvalue weighted by molar-refractivity contribution is 0.461. The van der Waals surface area contributed by atoms with E-state index in [0.717, 1.165) is 29.0 Å². The Hall–Kier alpha value is -1.81. The van der Waals surface area contributed by atoms with E-state index in [9.17, 15) is 0 Å². The van der Waals surface area contributed by atoms with Crippen LogP contribution in [0.25, 0.3) is 0 Å². The van der Waals surface area contributed by atoms with Gasteiger partial charge in [0.1, 0.15) is 5.82 Å². The number of nitrogens with one attached hydrogen (secondary N) is 2. The monoisotopic (exact) mass is 330 g/mol. The second-order valence-corrected chi connectivity index (χ2v) is 6.61. The summed E-state index contributed by atoms with van der Waals surface area (Å²) in [7, 11) is 0. The highest BCUT2D eigenvalue weighted by atomic mass is 35.5. The first kappa shape index (κ1) is 16.1. The van der Waals surface area contributed by atoms with Gasteiger partial charge in [-0.2, -0.15) is 4.98 Å². The summed E-state index contributed by atoms with van der Waals surface area (Å²) in [6.45, 7) is 2.72. The van der Waals surface area contributed by atoms with Crippen molar-refractivity contribution >= 4 is 23.4 Å². The van der Waals surface area contributed by atoms with Crippen molar-refractivity contribution in [3.8, 4) is 0 Å². The Bertz CT molecular complexity index is 636. The molecule has 0 bridgehead atoms. The molecule has 2 N–H and O–H groups in total. The Kier molecular flexibility index (Phi) is 5.34. The fraction of sp³-hybridized carbons (Fsp3) is 0.444. The Morgan fingerprint density at radius 2 is 1.83 bits per heavy atom. The van der Waals surface area contributed by atoms with Gasteiger partial charge in [0.2, 0.25) is 5.95 Å². The standard InChI is InChI=1S/C18H23ClN4/c1-13-11-17(20-12-14-7-9-15(19)10-8-14)23-18(21-13)22-16-5-3-2-4-6-16/h7-11,16H,2-6,12H2,1H3,(H2,20,21,22,23). The Balaban J connectivity index is 1.63. The number of anilines is 2. The summed E-state index contributed by atoms with van der Waals surface area (Å²) in [5, 5.41) is 7.61. The molecule has 0 aliphatic heterocycles. The number of nitrogens with zero attached hydrogens (tertiary/aromatic N) is 2. The van der Waals surface area contributed by atoms with Gasteiger partial charge in [-0.1, -0.05) is 43.0 Å². The van der Waals surface area contributed by atoms with Gasteiger partial charge in [-0.15, -0.1) is 0 Å². The molecule has 1 aliphatic rings. The van der Waals surface area contributed by atoms with Gasteiger partial charge in [0.25, 0.3) is 0 Å². The molecule has 1 aromatic carbocycles. The largest absolute Gasteiger partial charge is 0.366 e. The molecule has 122 valence electrons. The van der Waals surface area contributed by atoms with Crippen LogP contribution >= 0.6 is 11.6 Å². The van der Waals surface area contributed by atoms with Crippen molar-refractivity contribution < 1.29 is 0 Å². The summed E-state index contributed by atoms with van der Waals surface area (Å²) >= 11 is 5.91. The first-order valence-corrected chi connectivity index (χ1v) is 8.67. The normalized spacial score (nSPS) is 15.4. The summed E-state index contributed by atoms with van der Waals surface area (Å²) in [6.07, 6.45) is 6.37. The van der Waals surface area contributed by atoms with Gasteiger partial charge in [-0.3, -0.25) is 0 Å². The number of aromatic nitrogens is 2. The van der Waals surface area contributed by atoms with Gasteiger partial charge >= 0.3 is 0 Å². The molecule has 3 rings (SSSR count). The predicted molar refractivity (Wildman–Crippen MR) is 96.0 cm³/mol. The molecular formula is C18H23ClN4. The van der Waals surface area contributed by atoms with Gasteiger partial charge in [0.05, 0.1) is 0 Å². The zero-order valence-electron chi connectivity index (χ0n) is 13.5. The van der Waals surface area contributed by atoms with E-state index in [1.807, 2.05) is 37.3 Å². The van der Waals surface area contributed by atoms with Gasteiger partial charge in [-0.25, -0.2) is 4.98 Å². The molecule has 0 spiro atoms. The quantitative estimate of drug-likeness (QED) is 0.827. The van der Waals surface area contributed by atoms with E-state index in [-0.39, 0.29) is 0 Å². The van der Waals surface area contributed by atoms with Crippen molar-refractivity contribution in [1.82, 2.24) is 9.97 Å². The molecule has 0 unspecified atom stereocenters. The lowest BCUT2D eigenvalue weighted by Gasteiger charge is -2.23. The zero-order valence-corrected chi connectivity index (χ0v) is 14.2. The molecule has 0 atom stereocenters. The number of hydrogen-bond donors (Lipinski definition) is 2. The highest BCUT2D eigenvalue weighted by molar-refractivity contribution is 6.30. The third kappa shape index (κ3) is 4.83. The van der Waals surface area contributed by atoms with Crippen molar-refractivity contribution in [3.05, 3.63) is 46.6 Å². The van der Waals surface area contributed by atoms with E-state index in [0.29, 0.717) is 6.04 Å². The van der Waals surface area contributed by atoms with Crippen molar-refractivity contribution in [3.63, 3.8) is 0 Å². The van der Waals surface area contributed by atoms with Crippen LogP contribution in [0.2, 0.25) is 5.02 Å². The van der Waals surface area contributed by atoms with Crippen LogP contribution in [0.3, 0.4) is 0 Å². The molecule has 1 aromatic heterocycles. The van der Waals surface area contributed by atoms with E-state index in [4.69, 9.17) is 11.6 Å². The van der Waals surface area contributed by atoms with Crippen LogP contribution in [0.1, 0.15) is 43.4 Å². The second kappa shape index (κ2) is 7.64. The molecule has 5 heteroatoms. The van der Waals surface area contributed by atoms with E-state index in [1.54, 1.807) is 0 Å². The van der Waals surface area contributed by atoms with Crippen LogP contribution in [-0.2, 0) is 6.54 Å². The molecule has 1 fully saturated rings. The first-order chi connectivity index (χ1) is 11.2. The second-order valence-electron chi connectivity index (χ2n) is 6.18. The SMILES string of the molecule is Cc1cc(NCc2ccc(Cl)cc2)nc(NC2CCCCC2)n1. The van der Waals surface area contributed by atoms with Gasteiger partial charge < -0.3 is 10.6 Å². The van der Waals surface area contributed by atoms with Crippen LogP contribution in [0.5, 0.6) is 0 Å². The summed E-state index contributed by atoms with van der Waals surface area (Å²) in [5.74, 6) is 1.58. The lowest BCUT2D eigenvalue weighted by Crippen LogP contribution is -2.23. The average Bonchev–Trinajstić information content (AvgIpc) is 2.55. The molecule has 1 saturated carbocycles. The van der Waals surface area contributed by atoms with Crippen LogP contribution in [0.15, 0.2) is 30.3 Å². The Morgan fingerprint density at radius 3 is 2.57 bits per heavy atom. The summed E-state index contributed by atoms with van der Waals surface area (Å²) in [6, 6.07) is 10.3. The minimum atomic E-state index is 0.509. The molecule has 0 saturated heterocycles. The van der Waals surface area contributed by atoms with Crippen LogP contribution < -0.4 is 10.6 Å². The zero-order chi connectivity index (χ0) is 16.1. The minimum absolute atomic E-state index is 0.509. The maximum atomic E-state index is 5.91. The van der Waals surface area contributed by atoms with Crippen molar-refractivity contribution in [1.29, 1.82) is 0 Å². The van der Waals surface area contributed by atoms with Crippen LogP contribution in [0.4, 0.5) is 11.8 Å². The predicted octanol–water partition coefficient (Wildman–Crippen LogP) is 4.80. The third-order valence-corrected chi connectivity index (χ3v) is 4.43. The molecule has 1 heterocycles. The maximum Gasteiger partial charge on any atom is 0.225 e. The molecule has 23 heavy (non-hydrogen) atoms. The summed E-state index contributed by atoms with van der Waals surface area (Å²) < 4.78 is 0. The summed E-state index contributed by atoms with van der Waals surface area (Å²) in [5.41, 5.74) is 2.14. The fourth-order valence-electron chi connectivity index (χ4n) is 2.95. The number of hydrogen-bond acceptors (Lipinski definition) is 4. The van der Waals surface area contributed by atoms with Gasteiger partial charge in [0, 0.05) is 29.4 Å². The molecule has 2 aromatic rings. The van der Waals surface area contributed by atoms with Crippen molar-refractivity contribution in [2.75, 3.05) is 10.6 Å². The molecule has 0 radical (unpaired) electrons. The Morgan fingerprint density at radius 1 is 1.09 bits per heavy atom. The van der Waals surface area contributed by atoms with E-state index >= 15 is 0 Å². The van der Waals surface area contributed by atoms with Crippen molar-refractivity contribution in [2.45, 2.75) is 51.6 Å². The van der Waals surface area contributed by atoms with Crippen LogP contribution in [0, 0.1) is 6.92 Å². The first-order valence-electron chi connectivity index (χ1n) is 8.29. The number of aryl methyl sites for hydroxylation is 1. The summed E-state index contributed by atoms with van der Waals surface area (Å²) in [4.78, 5) is 9.12. The molecule has 1 aliphatic carbocycles. The van der Waals surface area contributed by atoms with Crippen LogP contribution in [-0.4, -0.2) is 16.0 Å². The smallest absolute Gasteiger partial charge is 0.225 e. The fourth-order valence-corrected chi connectivity index (χ4v) is 3.07. The highest BCUT2D eigenvalue weighted by Gasteiger charge is 2.14. The number of rotatable bonds is 5. The van der Waals surface area contributed by atoms with Gasteiger partial charge in [-0.05, 0) is 37.5 Å². The number of benzene rings is 1. The third-order valence-electron chi connectivity index (χ3n) is 4.18. The van der Waals surface area contributed by atoms with E-state index in [2.05, 4.69) is 20.6 Å². The van der Waals surface area contributed by atoms with Gasteiger partial charge in [0.15, 0.2) is 0 Å². The minimum Gasteiger partial charge on any atom is -0.366 e. The van der Waals surface area contributed by atoms with E-state index in [1.165, 1.54) is 37.7 Å². The van der Waals surface area contributed by atoms with E-state index < -0.39 is 0 Å².